The number of aromatic hydroxyl groups is 8. The smallest absolute Gasteiger partial charge is 0.300 e. The minimum atomic E-state index is -4.29. The van der Waals surface area contributed by atoms with Gasteiger partial charge in [-0.25, -0.2) is 12.5 Å². The summed E-state index contributed by atoms with van der Waals surface area (Å²) in [6.45, 7) is 9.36. The molecule has 5 aliphatic rings. The minimum absolute atomic E-state index is 0.00433. The maximum absolute atomic E-state index is 13.5. The van der Waals surface area contributed by atoms with Crippen molar-refractivity contribution < 1.29 is 93.0 Å². The Hall–Kier alpha value is -4.99. The van der Waals surface area contributed by atoms with E-state index in [1.54, 1.807) is 86.6 Å². The van der Waals surface area contributed by atoms with Crippen LogP contribution in [0.15, 0.2) is 211 Å². The molecule has 0 saturated carbocycles. The van der Waals surface area contributed by atoms with E-state index in [1.165, 1.54) is 36.4 Å². The van der Waals surface area contributed by atoms with Crippen LogP contribution in [-0.2, 0) is 59.7 Å². The maximum Gasteiger partial charge on any atom is 0.300 e. The van der Waals surface area contributed by atoms with Crippen molar-refractivity contribution in [1.82, 2.24) is 0 Å². The van der Waals surface area contributed by atoms with Gasteiger partial charge in [-0.3, -0.25) is 9.59 Å². The third kappa shape index (κ3) is 15.6. The van der Waals surface area contributed by atoms with E-state index >= 15 is 0 Å². The molecular formula is C81H56Br14N2O20S3. The normalized spacial score (nSPS) is 15.7. The summed E-state index contributed by atoms with van der Waals surface area (Å²) in [6.07, 6.45) is 4.18. The van der Waals surface area contributed by atoms with E-state index in [0.29, 0.717) is 116 Å². The summed E-state index contributed by atoms with van der Waals surface area (Å²) in [5.74, 6) is -3.43. The van der Waals surface area contributed by atoms with E-state index in [4.69, 9.17) is 17.3 Å². The number of hydrogen-bond acceptors (Lipinski definition) is 22. The first-order valence-electron chi connectivity index (χ1n) is 35.1. The second-order valence-corrected chi connectivity index (χ2v) is 43.3. The van der Waals surface area contributed by atoms with Gasteiger partial charge >= 0.3 is 0 Å². The van der Waals surface area contributed by atoms with E-state index < -0.39 is 70.2 Å². The van der Waals surface area contributed by atoms with Gasteiger partial charge in [0.15, 0.2) is 51.4 Å². The van der Waals surface area contributed by atoms with Crippen LogP contribution < -0.4 is 15.4 Å². The molecule has 626 valence electrons. The molecule has 16 rings (SSSR count). The predicted octanol–water partition coefficient (Wildman–Crippen LogP) is 25.0. The van der Waals surface area contributed by atoms with Crippen LogP contribution in [0.25, 0.3) is 0 Å². The van der Waals surface area contributed by atoms with E-state index in [1.807, 2.05) is 24.3 Å². The topological polar surface area (TPSA) is 359 Å². The van der Waals surface area contributed by atoms with Gasteiger partial charge in [0.2, 0.25) is 11.5 Å². The summed E-state index contributed by atoms with van der Waals surface area (Å²) in [6, 6.07) is 36.0. The fourth-order valence-electron chi connectivity index (χ4n) is 14.5. The highest BCUT2D eigenvalue weighted by Crippen LogP contribution is 2.66. The summed E-state index contributed by atoms with van der Waals surface area (Å²) < 4.78 is 107. The molecule has 4 aliphatic heterocycles. The number of anilines is 2. The number of carbonyl (C=O) groups is 2. The molecule has 0 unspecified atom stereocenters. The van der Waals surface area contributed by atoms with Crippen LogP contribution in [0.3, 0.4) is 0 Å². The molecule has 22 nitrogen and oxygen atoms in total. The Balaban J connectivity index is 0.000000139. The average Bonchev–Trinajstić information content (AvgIpc) is 1.53. The molecule has 0 radical (unpaired) electrons. The molecule has 10 N–H and O–H groups in total. The van der Waals surface area contributed by atoms with Gasteiger partial charge in [-0.05, 0) is 356 Å². The molecule has 0 aromatic heterocycles. The number of nitrogens with one attached hydrogen (secondary N) is 2. The number of fused-ring (bicyclic) bond motifs is 10. The van der Waals surface area contributed by atoms with Gasteiger partial charge in [0.05, 0.1) is 60.3 Å². The molecule has 120 heavy (non-hydrogen) atoms. The number of unbranched alkanes of at least 4 members (excludes halogenated alkanes) is 2. The van der Waals surface area contributed by atoms with Crippen molar-refractivity contribution in [3.05, 3.63) is 280 Å². The predicted molar refractivity (Wildman–Crippen MR) is 500 cm³/mol. The van der Waals surface area contributed by atoms with Crippen molar-refractivity contribution in [3.8, 4) is 57.5 Å². The number of phenols is 8. The van der Waals surface area contributed by atoms with E-state index in [9.17, 15) is 75.7 Å². The number of halogens is 14. The van der Waals surface area contributed by atoms with Crippen molar-refractivity contribution in [2.24, 2.45) is 0 Å². The van der Waals surface area contributed by atoms with Crippen LogP contribution in [0.4, 0.5) is 11.4 Å². The fraction of sp³-hybridized carbons (Fsp3) is 0.160. The Labute approximate surface area is 804 Å². The Morgan fingerprint density at radius 2 is 0.675 bits per heavy atom. The van der Waals surface area contributed by atoms with Crippen LogP contribution in [0.2, 0.25) is 0 Å². The van der Waals surface area contributed by atoms with Gasteiger partial charge in [0.1, 0.15) is 37.7 Å². The van der Waals surface area contributed by atoms with Crippen molar-refractivity contribution >= 4 is 276 Å². The zero-order valence-electron chi connectivity index (χ0n) is 61.4. The second kappa shape index (κ2) is 35.3. The monoisotopic (exact) mass is 2580 g/mol. The molecular weight excluding hydrogens is 2540 g/mol. The van der Waals surface area contributed by atoms with Crippen LogP contribution in [-0.4, -0.2) is 90.8 Å². The molecule has 1 aliphatic carbocycles. The van der Waals surface area contributed by atoms with Gasteiger partial charge in [-0.2, -0.15) is 25.3 Å². The summed E-state index contributed by atoms with van der Waals surface area (Å²) in [5.41, 5.74) is 2.53. The molecule has 1 spiro atoms. The van der Waals surface area contributed by atoms with Gasteiger partial charge in [0, 0.05) is 76.8 Å². The Bertz CT molecular complexity index is 6320. The third-order valence-electron chi connectivity index (χ3n) is 20.2. The highest BCUT2D eigenvalue weighted by molar-refractivity contribution is 9.15. The number of carbonyl (C=O) groups excluding carboxylic acids is 2. The van der Waals surface area contributed by atoms with Gasteiger partial charge in [0.25, 0.3) is 30.4 Å². The number of phenolic OH excluding ortho intramolecular Hbond substituents is 8. The fourth-order valence-corrected chi connectivity index (χ4v) is 27.5. The highest BCUT2D eigenvalue weighted by atomic mass is 79.9. The standard InChI is InChI=1S/C22H26N2O2.C21H14Br4O5S.C19H6Br8O5S.C19H10Br2O8S/c1-3-5-13-23-17-11-12-18(24-14-6-4-2)20-19(17)21(25)15-9-7-8-10-16(15)22(20)26;1-9-12(7-14(22)19(26)17(9)24)21(13-8-15(23)20(27)18(25)10(13)2)11-5-3-4-6-16(11)31(28,29)30-21;20-7-1-5(2-8(21)16(7)28)19(6-3-9(22)17(29)10(23)4-6)11-12(24)13(25)14(26)15(27)18(11)33(30,31)32-19;20-10-5-8-17(15(24)13(10)22)28-18-9(6-11(21)14(23)16(18)25)19(8)7-3-1-2-4-12(7)30(26,27)29-19/h7-12,23-24H,3-6,13-14H2,1-2H3;3-8,26-27H,1-2H3;1-4,28-29H;1-6,22-25H. The number of ether oxygens (including phenoxy) is 1. The quantitative estimate of drug-likeness (QED) is 0.0179. The maximum atomic E-state index is 13.5. The van der Waals surface area contributed by atoms with Crippen LogP contribution in [0, 0.1) is 13.8 Å². The average molecular weight is 2590 g/mol. The Morgan fingerprint density at radius 3 is 1.06 bits per heavy atom. The lowest BCUT2D eigenvalue weighted by Crippen LogP contribution is -2.33. The Morgan fingerprint density at radius 1 is 0.350 bits per heavy atom. The van der Waals surface area contributed by atoms with Crippen LogP contribution in [0.5, 0.6) is 57.5 Å². The van der Waals surface area contributed by atoms with Gasteiger partial charge in [-0.15, -0.1) is 0 Å². The van der Waals surface area contributed by atoms with Crippen molar-refractivity contribution in [1.29, 1.82) is 0 Å². The van der Waals surface area contributed by atoms with Crippen molar-refractivity contribution in [3.63, 3.8) is 0 Å². The second-order valence-electron chi connectivity index (χ2n) is 27.2. The molecule has 0 fully saturated rings. The zero-order valence-corrected chi connectivity index (χ0v) is 86.1. The molecule has 11 aromatic rings. The number of ketones is 2. The van der Waals surface area contributed by atoms with E-state index in [-0.39, 0.29) is 90.9 Å². The molecule has 4 heterocycles. The van der Waals surface area contributed by atoms with E-state index in [2.05, 4.69) is 248 Å². The third-order valence-corrected chi connectivity index (χ3v) is 36.1. The summed E-state index contributed by atoms with van der Waals surface area (Å²) in [7, 11) is -12.6. The molecule has 39 heteroatoms. The number of benzene rings is 11. The minimum Gasteiger partial charge on any atom is -0.506 e. The first-order valence-corrected chi connectivity index (χ1v) is 50.4. The largest absolute Gasteiger partial charge is 0.506 e. The van der Waals surface area contributed by atoms with Crippen LogP contribution in [0.1, 0.15) is 133 Å². The SMILES string of the molecule is CCCCNc1ccc(NCCCC)c2c1C(=O)c1ccccc1C2=O.Cc1c(C2(c3cc(Br)c(O)c(Br)c3C)OS(=O)(=O)c3ccccc32)cc(Br)c(O)c1Br.O=S1(=O)OC(c2cc(Br)c(O)c(Br)c2)(c2cc(Br)c(O)c(Br)c2)c2c(Br)c(Br)c(Br)c(Br)c21.O=S1(=O)OC2(c3ccccc31)c1cc(Br)c(O)c(O)c1Oc1c2cc(Br)c(O)c1O. The molecule has 0 atom stereocenters. The van der Waals surface area contributed by atoms with Gasteiger partial charge < -0.3 is 56.2 Å². The lowest BCUT2D eigenvalue weighted by molar-refractivity contribution is 0.0980. The number of hydrogen-bond donors (Lipinski definition) is 10. The zero-order chi connectivity index (χ0) is 87.6. The van der Waals surface area contributed by atoms with Gasteiger partial charge in [-0.1, -0.05) is 87.4 Å². The molecule has 11 aromatic carbocycles. The lowest BCUT2D eigenvalue weighted by atomic mass is 9.77. The highest BCUT2D eigenvalue weighted by Gasteiger charge is 2.59. The first kappa shape index (κ1) is 92.7. The van der Waals surface area contributed by atoms with Crippen molar-refractivity contribution in [2.45, 2.75) is 84.9 Å². The lowest BCUT2D eigenvalue weighted by Gasteiger charge is -2.36. The molecule has 0 saturated heterocycles. The summed E-state index contributed by atoms with van der Waals surface area (Å²) in [5, 5.41) is 89.4. The Kier molecular flexibility index (Phi) is 27.3. The van der Waals surface area contributed by atoms with E-state index in [0.717, 1.165) is 50.1 Å². The summed E-state index contributed by atoms with van der Waals surface area (Å²) >= 11 is 47.0. The van der Waals surface area contributed by atoms with Crippen molar-refractivity contribution in [2.75, 3.05) is 23.7 Å². The van der Waals surface area contributed by atoms with Crippen LogP contribution >= 0.6 is 223 Å². The molecule has 0 amide bonds. The first-order chi connectivity index (χ1) is 56.4. The molecule has 0 bridgehead atoms. The summed E-state index contributed by atoms with van der Waals surface area (Å²) in [4.78, 5) is 26.2. The number of rotatable bonds is 12.